The number of allylic oxidation sites excluding steroid dienone is 2. The standard InChI is InChI=1S/C21H30O3/c1-4-10-19(14-9-11-18(3)21(22)24-5-2)15-16-23-17-20-12-7-6-8-13-20/h6-8,11-13,15H,4-5,9-10,14,16-17H2,1-3H3/b18-11+,19-15+. The van der Waals surface area contributed by atoms with Crippen LogP contribution in [0.5, 0.6) is 0 Å². The number of rotatable bonds is 11. The van der Waals surface area contributed by atoms with Crippen molar-refractivity contribution >= 4 is 5.97 Å². The zero-order chi connectivity index (χ0) is 17.6. The molecular formula is C21H30O3. The number of carbonyl (C=O) groups excluding carboxylic acids is 1. The van der Waals surface area contributed by atoms with Gasteiger partial charge < -0.3 is 9.47 Å². The van der Waals surface area contributed by atoms with Gasteiger partial charge in [0, 0.05) is 5.57 Å². The van der Waals surface area contributed by atoms with Gasteiger partial charge in [-0.2, -0.15) is 0 Å². The fourth-order valence-corrected chi connectivity index (χ4v) is 2.38. The Balaban J connectivity index is 2.39. The van der Waals surface area contributed by atoms with Crippen LogP contribution in [0.15, 0.2) is 53.6 Å². The highest BCUT2D eigenvalue weighted by Crippen LogP contribution is 2.14. The SMILES string of the molecule is CCC/C(=C\COCc1ccccc1)CC/C=C(\C)C(=O)OCC. The molecule has 3 nitrogen and oxygen atoms in total. The summed E-state index contributed by atoms with van der Waals surface area (Å²) in [5, 5.41) is 0. The van der Waals surface area contributed by atoms with E-state index in [2.05, 4.69) is 25.1 Å². The Morgan fingerprint density at radius 1 is 1.08 bits per heavy atom. The summed E-state index contributed by atoms with van der Waals surface area (Å²) in [6, 6.07) is 10.2. The van der Waals surface area contributed by atoms with Gasteiger partial charge in [-0.3, -0.25) is 0 Å². The molecule has 0 bridgehead atoms. The molecule has 1 aromatic rings. The summed E-state index contributed by atoms with van der Waals surface area (Å²) in [6.07, 6.45) is 8.15. The molecule has 3 heteroatoms. The summed E-state index contributed by atoms with van der Waals surface area (Å²) in [6.45, 7) is 7.50. The van der Waals surface area contributed by atoms with E-state index in [4.69, 9.17) is 9.47 Å². The zero-order valence-electron chi connectivity index (χ0n) is 15.2. The van der Waals surface area contributed by atoms with E-state index in [9.17, 15) is 4.79 Å². The normalized spacial score (nSPS) is 12.3. The van der Waals surface area contributed by atoms with Crippen LogP contribution in [-0.4, -0.2) is 19.2 Å². The van der Waals surface area contributed by atoms with E-state index in [1.807, 2.05) is 38.1 Å². The zero-order valence-corrected chi connectivity index (χ0v) is 15.2. The quantitative estimate of drug-likeness (QED) is 0.241. The van der Waals surface area contributed by atoms with Gasteiger partial charge in [0.15, 0.2) is 0 Å². The van der Waals surface area contributed by atoms with Gasteiger partial charge in [-0.05, 0) is 38.7 Å². The van der Waals surface area contributed by atoms with Gasteiger partial charge in [0.2, 0.25) is 0 Å². The molecule has 1 aromatic carbocycles. The van der Waals surface area contributed by atoms with Crippen LogP contribution in [0.1, 0.15) is 52.0 Å². The Labute approximate surface area is 146 Å². The van der Waals surface area contributed by atoms with E-state index in [-0.39, 0.29) is 5.97 Å². The van der Waals surface area contributed by atoms with Crippen LogP contribution >= 0.6 is 0 Å². The molecule has 132 valence electrons. The second-order valence-electron chi connectivity index (χ2n) is 5.76. The molecule has 0 atom stereocenters. The molecular weight excluding hydrogens is 300 g/mol. The van der Waals surface area contributed by atoms with E-state index in [1.165, 1.54) is 11.1 Å². The predicted molar refractivity (Wildman–Crippen MR) is 98.7 cm³/mol. The lowest BCUT2D eigenvalue weighted by molar-refractivity contribution is -0.138. The van der Waals surface area contributed by atoms with Gasteiger partial charge in [-0.15, -0.1) is 0 Å². The highest BCUT2D eigenvalue weighted by molar-refractivity contribution is 5.87. The first-order valence-electron chi connectivity index (χ1n) is 8.80. The molecule has 24 heavy (non-hydrogen) atoms. The van der Waals surface area contributed by atoms with E-state index in [1.54, 1.807) is 0 Å². The number of esters is 1. The monoisotopic (exact) mass is 330 g/mol. The average Bonchev–Trinajstić information content (AvgIpc) is 2.59. The third-order valence-electron chi connectivity index (χ3n) is 3.69. The maximum absolute atomic E-state index is 11.6. The summed E-state index contributed by atoms with van der Waals surface area (Å²) < 4.78 is 10.7. The Morgan fingerprint density at radius 3 is 2.50 bits per heavy atom. The summed E-state index contributed by atoms with van der Waals surface area (Å²) in [5.41, 5.74) is 3.27. The summed E-state index contributed by atoms with van der Waals surface area (Å²) in [4.78, 5) is 11.6. The Morgan fingerprint density at radius 2 is 1.83 bits per heavy atom. The third kappa shape index (κ3) is 8.68. The largest absolute Gasteiger partial charge is 0.463 e. The molecule has 0 aromatic heterocycles. The van der Waals surface area contributed by atoms with Crippen molar-refractivity contribution in [3.63, 3.8) is 0 Å². The summed E-state index contributed by atoms with van der Waals surface area (Å²) >= 11 is 0. The molecule has 0 unspecified atom stereocenters. The maximum atomic E-state index is 11.6. The van der Waals surface area contributed by atoms with Gasteiger partial charge >= 0.3 is 5.97 Å². The lowest BCUT2D eigenvalue weighted by Crippen LogP contribution is -2.05. The Kier molecular flexibility index (Phi) is 10.5. The van der Waals surface area contributed by atoms with Gasteiger partial charge in [0.1, 0.15) is 0 Å². The highest BCUT2D eigenvalue weighted by Gasteiger charge is 2.04. The first-order chi connectivity index (χ1) is 11.7. The fraction of sp³-hybridized carbons (Fsp3) is 0.476. The van der Waals surface area contributed by atoms with Crippen LogP contribution in [0.3, 0.4) is 0 Å². The van der Waals surface area contributed by atoms with Crippen LogP contribution < -0.4 is 0 Å². The molecule has 0 saturated carbocycles. The Bertz CT molecular complexity index is 529. The molecule has 0 amide bonds. The van der Waals surface area contributed by atoms with Crippen molar-refractivity contribution in [1.29, 1.82) is 0 Å². The third-order valence-corrected chi connectivity index (χ3v) is 3.69. The van der Waals surface area contributed by atoms with Crippen LogP contribution in [0, 0.1) is 0 Å². The second kappa shape index (κ2) is 12.5. The molecule has 0 heterocycles. The van der Waals surface area contributed by atoms with E-state index in [0.717, 1.165) is 25.7 Å². The molecule has 0 saturated heterocycles. The maximum Gasteiger partial charge on any atom is 0.333 e. The lowest BCUT2D eigenvalue weighted by atomic mass is 10.0. The second-order valence-corrected chi connectivity index (χ2v) is 5.76. The van der Waals surface area contributed by atoms with Gasteiger partial charge in [0.05, 0.1) is 19.8 Å². The van der Waals surface area contributed by atoms with Gasteiger partial charge in [-0.25, -0.2) is 4.79 Å². The minimum absolute atomic E-state index is 0.218. The number of ether oxygens (including phenoxy) is 2. The molecule has 0 aliphatic heterocycles. The van der Waals surface area contributed by atoms with Crippen molar-refractivity contribution in [3.05, 3.63) is 59.2 Å². The van der Waals surface area contributed by atoms with E-state index < -0.39 is 0 Å². The number of carbonyl (C=O) groups is 1. The van der Waals surface area contributed by atoms with E-state index in [0.29, 0.717) is 25.4 Å². The van der Waals surface area contributed by atoms with E-state index >= 15 is 0 Å². The van der Waals surface area contributed by atoms with Crippen molar-refractivity contribution < 1.29 is 14.3 Å². The number of hydrogen-bond acceptors (Lipinski definition) is 3. The molecule has 0 aliphatic rings. The average molecular weight is 330 g/mol. The van der Waals surface area contributed by atoms with Crippen molar-refractivity contribution in [2.75, 3.05) is 13.2 Å². The van der Waals surface area contributed by atoms with Gasteiger partial charge in [0.25, 0.3) is 0 Å². The minimum Gasteiger partial charge on any atom is -0.463 e. The predicted octanol–water partition coefficient (Wildman–Crippen LogP) is 5.22. The van der Waals surface area contributed by atoms with Crippen molar-refractivity contribution in [1.82, 2.24) is 0 Å². The van der Waals surface area contributed by atoms with Crippen LogP contribution in [-0.2, 0) is 20.9 Å². The minimum atomic E-state index is -0.218. The molecule has 0 spiro atoms. The number of hydrogen-bond donors (Lipinski definition) is 0. The first-order valence-corrected chi connectivity index (χ1v) is 8.80. The smallest absolute Gasteiger partial charge is 0.333 e. The van der Waals surface area contributed by atoms with Crippen LogP contribution in [0.2, 0.25) is 0 Å². The summed E-state index contributed by atoms with van der Waals surface area (Å²) in [7, 11) is 0. The molecule has 0 N–H and O–H groups in total. The lowest BCUT2D eigenvalue weighted by Gasteiger charge is -2.07. The van der Waals surface area contributed by atoms with Gasteiger partial charge in [-0.1, -0.05) is 61.4 Å². The first kappa shape index (κ1) is 20.2. The molecule has 0 aliphatic carbocycles. The van der Waals surface area contributed by atoms with Crippen molar-refractivity contribution in [2.45, 2.75) is 53.1 Å². The highest BCUT2D eigenvalue weighted by atomic mass is 16.5. The van der Waals surface area contributed by atoms with Crippen LogP contribution in [0.25, 0.3) is 0 Å². The topological polar surface area (TPSA) is 35.5 Å². The number of benzene rings is 1. The fourth-order valence-electron chi connectivity index (χ4n) is 2.38. The molecule has 1 rings (SSSR count). The summed E-state index contributed by atoms with van der Waals surface area (Å²) in [5.74, 6) is -0.218. The van der Waals surface area contributed by atoms with Crippen LogP contribution in [0.4, 0.5) is 0 Å². The molecule has 0 radical (unpaired) electrons. The van der Waals surface area contributed by atoms with Crippen molar-refractivity contribution in [3.8, 4) is 0 Å². The van der Waals surface area contributed by atoms with Crippen molar-refractivity contribution in [2.24, 2.45) is 0 Å². The molecule has 0 fully saturated rings. The Hall–Kier alpha value is -1.87.